The van der Waals surface area contributed by atoms with Gasteiger partial charge in [0.25, 0.3) is 0 Å². The molecule has 1 aromatic carbocycles. The van der Waals surface area contributed by atoms with Gasteiger partial charge in [-0.1, -0.05) is 32.0 Å². The number of para-hydroxylation sites is 1. The number of aliphatic imine (C=N–C) groups is 1. The summed E-state index contributed by atoms with van der Waals surface area (Å²) in [4.78, 5) is 21.2. The van der Waals surface area contributed by atoms with Gasteiger partial charge in [0.2, 0.25) is 5.91 Å². The molecule has 5 heteroatoms. The minimum Gasteiger partial charge on any atom is -0.356 e. The molecule has 1 saturated heterocycles. The quantitative estimate of drug-likeness (QED) is 0.520. The van der Waals surface area contributed by atoms with E-state index in [1.165, 1.54) is 12.0 Å². The lowest BCUT2D eigenvalue weighted by atomic mass is 9.93. The van der Waals surface area contributed by atoms with E-state index in [-0.39, 0.29) is 5.91 Å². The van der Waals surface area contributed by atoms with Crippen LogP contribution in [-0.4, -0.2) is 50.0 Å². The van der Waals surface area contributed by atoms with Crippen molar-refractivity contribution < 1.29 is 4.79 Å². The highest BCUT2D eigenvalue weighted by molar-refractivity contribution is 5.95. The number of anilines is 1. The van der Waals surface area contributed by atoms with Gasteiger partial charge in [-0.3, -0.25) is 9.79 Å². The average Bonchev–Trinajstić information content (AvgIpc) is 3.18. The summed E-state index contributed by atoms with van der Waals surface area (Å²) >= 11 is 0. The number of rotatable bonds is 4. The number of hydrogen-bond acceptors (Lipinski definition) is 2. The van der Waals surface area contributed by atoms with E-state index >= 15 is 0 Å². The highest BCUT2D eigenvalue weighted by atomic mass is 16.2. The van der Waals surface area contributed by atoms with Crippen LogP contribution in [0.25, 0.3) is 0 Å². The molecule has 1 fully saturated rings. The molecule has 2 aliphatic heterocycles. The van der Waals surface area contributed by atoms with Gasteiger partial charge in [0.05, 0.1) is 0 Å². The smallest absolute Gasteiger partial charge is 0.227 e. The lowest BCUT2D eigenvalue weighted by Crippen LogP contribution is -2.41. The van der Waals surface area contributed by atoms with Crippen molar-refractivity contribution in [1.82, 2.24) is 10.2 Å². The van der Waals surface area contributed by atoms with Gasteiger partial charge in [0.15, 0.2) is 5.96 Å². The van der Waals surface area contributed by atoms with Crippen LogP contribution in [0.2, 0.25) is 0 Å². The maximum absolute atomic E-state index is 12.5. The van der Waals surface area contributed by atoms with Gasteiger partial charge in [0, 0.05) is 45.3 Å². The number of carbonyl (C=O) groups is 1. The molecule has 1 amide bonds. The number of fused-ring (bicyclic) bond motifs is 1. The van der Waals surface area contributed by atoms with Crippen LogP contribution < -0.4 is 10.2 Å². The number of nitrogens with one attached hydrogen (secondary N) is 1. The second kappa shape index (κ2) is 7.46. The fraction of sp³-hybridized carbons (Fsp3) is 0.600. The second-order valence-electron chi connectivity index (χ2n) is 7.84. The number of hydrogen-bond donors (Lipinski definition) is 1. The Kier molecular flexibility index (Phi) is 5.30. The average molecular weight is 342 g/mol. The predicted octanol–water partition coefficient (Wildman–Crippen LogP) is 2.66. The zero-order chi connectivity index (χ0) is 17.9. The Morgan fingerprint density at radius 3 is 2.80 bits per heavy atom. The molecule has 0 aromatic heterocycles. The summed E-state index contributed by atoms with van der Waals surface area (Å²) in [6, 6.07) is 8.22. The lowest BCUT2D eigenvalue weighted by molar-refractivity contribution is -0.118. The Morgan fingerprint density at radius 2 is 2.08 bits per heavy atom. The fourth-order valence-corrected chi connectivity index (χ4v) is 3.80. The molecule has 25 heavy (non-hydrogen) atoms. The zero-order valence-corrected chi connectivity index (χ0v) is 15.7. The maximum Gasteiger partial charge on any atom is 0.227 e. The second-order valence-corrected chi connectivity index (χ2v) is 7.84. The summed E-state index contributed by atoms with van der Waals surface area (Å²) in [5.41, 5.74) is 2.73. The molecule has 0 spiro atoms. The van der Waals surface area contributed by atoms with Crippen molar-refractivity contribution in [2.24, 2.45) is 10.4 Å². The first kappa shape index (κ1) is 17.8. The molecule has 136 valence electrons. The normalized spacial score (nSPS) is 19.2. The summed E-state index contributed by atoms with van der Waals surface area (Å²) in [6.45, 7) is 8.28. The van der Waals surface area contributed by atoms with Gasteiger partial charge in [0.1, 0.15) is 0 Å². The predicted molar refractivity (Wildman–Crippen MR) is 103 cm³/mol. The molecule has 0 bridgehead atoms. The minimum absolute atomic E-state index is 0.226. The van der Waals surface area contributed by atoms with Crippen LogP contribution >= 0.6 is 0 Å². The molecule has 1 aromatic rings. The Bertz CT molecular complexity index is 653. The Balaban J connectivity index is 1.43. The van der Waals surface area contributed by atoms with Gasteiger partial charge < -0.3 is 15.1 Å². The SMILES string of the molecule is CN=C(NCCCC(=O)N1CCc2ccccc21)N1CCC(C)(C)C1. The van der Waals surface area contributed by atoms with E-state index in [1.807, 2.05) is 24.1 Å². The van der Waals surface area contributed by atoms with Crippen molar-refractivity contribution in [3.63, 3.8) is 0 Å². The Morgan fingerprint density at radius 1 is 1.28 bits per heavy atom. The van der Waals surface area contributed by atoms with Crippen LogP contribution in [0, 0.1) is 5.41 Å². The van der Waals surface area contributed by atoms with Crippen molar-refractivity contribution in [2.75, 3.05) is 38.1 Å². The van der Waals surface area contributed by atoms with E-state index in [0.29, 0.717) is 11.8 Å². The van der Waals surface area contributed by atoms with Gasteiger partial charge in [-0.25, -0.2) is 0 Å². The highest BCUT2D eigenvalue weighted by Gasteiger charge is 2.30. The number of guanidine groups is 1. The number of nitrogens with zero attached hydrogens (tertiary/aromatic N) is 3. The molecule has 0 saturated carbocycles. The number of likely N-dealkylation sites (tertiary alicyclic amines) is 1. The molecule has 0 atom stereocenters. The first-order valence-electron chi connectivity index (χ1n) is 9.34. The first-order valence-corrected chi connectivity index (χ1v) is 9.34. The summed E-state index contributed by atoms with van der Waals surface area (Å²) in [5, 5.41) is 3.42. The molecule has 2 aliphatic rings. The molecular weight excluding hydrogens is 312 g/mol. The highest BCUT2D eigenvalue weighted by Crippen LogP contribution is 2.29. The summed E-state index contributed by atoms with van der Waals surface area (Å²) in [6.07, 6.45) is 3.57. The Hall–Kier alpha value is -2.04. The Labute approximate surface area is 151 Å². The maximum atomic E-state index is 12.5. The van der Waals surface area contributed by atoms with Crippen LogP contribution in [-0.2, 0) is 11.2 Å². The van der Waals surface area contributed by atoms with E-state index in [1.54, 1.807) is 0 Å². The third-order valence-electron chi connectivity index (χ3n) is 5.23. The van der Waals surface area contributed by atoms with E-state index in [0.717, 1.165) is 50.7 Å². The number of carbonyl (C=O) groups excluding carboxylic acids is 1. The van der Waals surface area contributed by atoms with Crippen LogP contribution in [0.4, 0.5) is 5.69 Å². The summed E-state index contributed by atoms with van der Waals surface area (Å²) in [5.74, 6) is 1.19. The van der Waals surface area contributed by atoms with Crippen molar-refractivity contribution in [2.45, 2.75) is 39.5 Å². The van der Waals surface area contributed by atoms with E-state index in [4.69, 9.17) is 0 Å². The van der Waals surface area contributed by atoms with Crippen LogP contribution in [0.3, 0.4) is 0 Å². The minimum atomic E-state index is 0.226. The molecule has 5 nitrogen and oxygen atoms in total. The van der Waals surface area contributed by atoms with Crippen molar-refractivity contribution in [1.29, 1.82) is 0 Å². The van der Waals surface area contributed by atoms with Gasteiger partial charge in [-0.15, -0.1) is 0 Å². The standard InChI is InChI=1S/C20H30N4O/c1-20(2)11-14-23(15-20)19(21-3)22-12-6-9-18(25)24-13-10-16-7-4-5-8-17(16)24/h4-5,7-8H,6,9-15H2,1-3H3,(H,21,22). The fourth-order valence-electron chi connectivity index (χ4n) is 3.80. The van der Waals surface area contributed by atoms with Crippen molar-refractivity contribution in [3.8, 4) is 0 Å². The molecule has 1 N–H and O–H groups in total. The molecule has 0 radical (unpaired) electrons. The third kappa shape index (κ3) is 4.14. The number of amides is 1. The van der Waals surface area contributed by atoms with Gasteiger partial charge in [-0.05, 0) is 36.3 Å². The molecular formula is C20H30N4O. The van der Waals surface area contributed by atoms with E-state index in [2.05, 4.69) is 41.2 Å². The topological polar surface area (TPSA) is 47.9 Å². The monoisotopic (exact) mass is 342 g/mol. The molecule has 0 unspecified atom stereocenters. The van der Waals surface area contributed by atoms with Crippen LogP contribution in [0.5, 0.6) is 0 Å². The lowest BCUT2D eigenvalue weighted by Gasteiger charge is -2.24. The molecule has 2 heterocycles. The zero-order valence-electron chi connectivity index (χ0n) is 15.7. The molecule has 3 rings (SSSR count). The van der Waals surface area contributed by atoms with E-state index in [9.17, 15) is 4.79 Å². The van der Waals surface area contributed by atoms with Gasteiger partial charge in [-0.2, -0.15) is 0 Å². The van der Waals surface area contributed by atoms with Crippen LogP contribution in [0.1, 0.15) is 38.7 Å². The first-order chi connectivity index (χ1) is 12.0. The summed E-state index contributed by atoms with van der Waals surface area (Å²) in [7, 11) is 1.83. The van der Waals surface area contributed by atoms with Gasteiger partial charge >= 0.3 is 0 Å². The number of benzene rings is 1. The van der Waals surface area contributed by atoms with Crippen molar-refractivity contribution >= 4 is 17.6 Å². The largest absolute Gasteiger partial charge is 0.356 e. The van der Waals surface area contributed by atoms with Crippen LogP contribution in [0.15, 0.2) is 29.3 Å². The summed E-state index contributed by atoms with van der Waals surface area (Å²) < 4.78 is 0. The van der Waals surface area contributed by atoms with Crippen molar-refractivity contribution in [3.05, 3.63) is 29.8 Å². The van der Waals surface area contributed by atoms with E-state index < -0.39 is 0 Å². The third-order valence-corrected chi connectivity index (χ3v) is 5.23. The molecule has 0 aliphatic carbocycles.